The Balaban J connectivity index is 1.26. The average Bonchev–Trinajstić information content (AvgIpc) is 3.29. The maximum Gasteiger partial charge on any atom is 0.230 e. The second-order valence-corrected chi connectivity index (χ2v) is 9.31. The highest BCUT2D eigenvalue weighted by atomic mass is 32.1. The molecule has 0 spiro atoms. The summed E-state index contributed by atoms with van der Waals surface area (Å²) in [6.45, 7) is 8.10. The average molecular weight is 465 g/mol. The molecule has 7 heteroatoms. The van der Waals surface area contributed by atoms with Gasteiger partial charge < -0.3 is 15.0 Å². The van der Waals surface area contributed by atoms with Gasteiger partial charge in [-0.15, -0.1) is 11.3 Å². The number of anilines is 1. The minimum absolute atomic E-state index is 0.0770. The van der Waals surface area contributed by atoms with Crippen LogP contribution in [-0.4, -0.2) is 67.1 Å². The van der Waals surface area contributed by atoms with Crippen molar-refractivity contribution in [2.45, 2.75) is 19.8 Å². The lowest BCUT2D eigenvalue weighted by Crippen LogP contribution is -2.45. The van der Waals surface area contributed by atoms with Crippen LogP contribution in [0.4, 0.5) is 5.13 Å². The number of aromatic nitrogens is 1. The van der Waals surface area contributed by atoms with Gasteiger partial charge in [0.15, 0.2) is 5.13 Å². The molecule has 0 atom stereocenters. The molecule has 0 aliphatic carbocycles. The molecular weight excluding hydrogens is 432 g/mol. The van der Waals surface area contributed by atoms with Gasteiger partial charge in [-0.05, 0) is 36.7 Å². The number of carbonyl (C=O) groups excluding carboxylic acids is 1. The molecule has 174 valence electrons. The van der Waals surface area contributed by atoms with Gasteiger partial charge in [-0.25, -0.2) is 4.98 Å². The summed E-state index contributed by atoms with van der Waals surface area (Å²) in [5.74, 6) is 0.730. The zero-order valence-corrected chi connectivity index (χ0v) is 20.2. The van der Waals surface area contributed by atoms with Gasteiger partial charge in [-0.3, -0.25) is 9.69 Å². The first-order valence-corrected chi connectivity index (χ1v) is 12.4. The molecule has 0 unspecified atom stereocenters. The predicted octanol–water partition coefficient (Wildman–Crippen LogP) is 4.18. The molecule has 0 radical (unpaired) electrons. The van der Waals surface area contributed by atoms with Crippen molar-refractivity contribution in [3.63, 3.8) is 0 Å². The van der Waals surface area contributed by atoms with Gasteiger partial charge in [-0.2, -0.15) is 0 Å². The van der Waals surface area contributed by atoms with E-state index >= 15 is 0 Å². The highest BCUT2D eigenvalue weighted by Crippen LogP contribution is 2.25. The third-order valence-electron chi connectivity index (χ3n) is 5.94. The normalized spacial score (nSPS) is 14.8. The van der Waals surface area contributed by atoms with Gasteiger partial charge in [0.2, 0.25) is 5.91 Å². The lowest BCUT2D eigenvalue weighted by Gasteiger charge is -2.32. The van der Waals surface area contributed by atoms with Gasteiger partial charge in [0.25, 0.3) is 0 Å². The van der Waals surface area contributed by atoms with Crippen molar-refractivity contribution in [1.82, 2.24) is 14.8 Å². The van der Waals surface area contributed by atoms with Gasteiger partial charge >= 0.3 is 0 Å². The van der Waals surface area contributed by atoms with E-state index < -0.39 is 0 Å². The topological polar surface area (TPSA) is 57.7 Å². The second kappa shape index (κ2) is 11.4. The molecule has 3 aromatic rings. The number of hydrogen-bond acceptors (Lipinski definition) is 6. The van der Waals surface area contributed by atoms with E-state index in [1.54, 1.807) is 0 Å². The van der Waals surface area contributed by atoms with Crippen LogP contribution < -0.4 is 10.1 Å². The minimum Gasteiger partial charge on any atom is -0.492 e. The number of nitrogens with zero attached hydrogens (tertiary/aromatic N) is 3. The summed E-state index contributed by atoms with van der Waals surface area (Å²) in [6, 6.07) is 16.2. The van der Waals surface area contributed by atoms with Crippen LogP contribution in [0.5, 0.6) is 5.75 Å². The fraction of sp³-hybridized carbons (Fsp3) is 0.385. The number of likely N-dealkylation sites (N-methyl/N-ethyl adjacent to an activating group) is 1. The van der Waals surface area contributed by atoms with Crippen molar-refractivity contribution < 1.29 is 9.53 Å². The quantitative estimate of drug-likeness (QED) is 0.515. The van der Waals surface area contributed by atoms with E-state index in [4.69, 9.17) is 4.74 Å². The maximum atomic E-state index is 12.6. The summed E-state index contributed by atoms with van der Waals surface area (Å²) in [7, 11) is 2.16. The third-order valence-corrected chi connectivity index (χ3v) is 6.70. The van der Waals surface area contributed by atoms with Crippen molar-refractivity contribution in [2.24, 2.45) is 0 Å². The van der Waals surface area contributed by atoms with E-state index in [0.29, 0.717) is 11.7 Å². The number of amides is 1. The SMILES string of the molecule is CCc1ccc(-c2csc(NC(=O)Cc3cccc(OCCN4CCN(C)CC4)c3)n2)cc1. The predicted molar refractivity (Wildman–Crippen MR) is 135 cm³/mol. The first-order chi connectivity index (χ1) is 16.1. The van der Waals surface area contributed by atoms with Crippen LogP contribution >= 0.6 is 11.3 Å². The van der Waals surface area contributed by atoms with Crippen LogP contribution in [-0.2, 0) is 17.6 Å². The number of hydrogen-bond donors (Lipinski definition) is 1. The summed E-state index contributed by atoms with van der Waals surface area (Å²) in [4.78, 5) is 21.9. The number of benzene rings is 2. The maximum absolute atomic E-state index is 12.6. The Labute approximate surface area is 200 Å². The second-order valence-electron chi connectivity index (χ2n) is 8.45. The first-order valence-electron chi connectivity index (χ1n) is 11.6. The molecule has 1 amide bonds. The van der Waals surface area contributed by atoms with E-state index in [1.165, 1.54) is 16.9 Å². The molecule has 1 aliphatic heterocycles. The molecule has 1 fully saturated rings. The number of rotatable bonds is 9. The van der Waals surface area contributed by atoms with Crippen LogP contribution in [0.2, 0.25) is 0 Å². The van der Waals surface area contributed by atoms with E-state index in [2.05, 4.69) is 58.3 Å². The Morgan fingerprint density at radius 3 is 2.64 bits per heavy atom. The smallest absolute Gasteiger partial charge is 0.230 e. The van der Waals surface area contributed by atoms with Gasteiger partial charge in [-0.1, -0.05) is 43.3 Å². The van der Waals surface area contributed by atoms with Crippen LogP contribution in [0.25, 0.3) is 11.3 Å². The van der Waals surface area contributed by atoms with Crippen LogP contribution in [0.15, 0.2) is 53.9 Å². The fourth-order valence-electron chi connectivity index (χ4n) is 3.83. The van der Waals surface area contributed by atoms with Crippen molar-refractivity contribution in [3.8, 4) is 17.0 Å². The number of aryl methyl sites for hydroxylation is 1. The largest absolute Gasteiger partial charge is 0.492 e. The third kappa shape index (κ3) is 6.87. The molecule has 4 rings (SSSR count). The Hall–Kier alpha value is -2.74. The minimum atomic E-state index is -0.0770. The highest BCUT2D eigenvalue weighted by molar-refractivity contribution is 7.14. The lowest BCUT2D eigenvalue weighted by molar-refractivity contribution is -0.115. The standard InChI is InChI=1S/C26H32N4O2S/c1-3-20-7-9-22(10-8-20)24-19-33-26(27-24)28-25(31)18-21-5-4-6-23(17-21)32-16-15-30-13-11-29(2)12-14-30/h4-10,17,19H,3,11-16,18H2,1-2H3,(H,27,28,31). The Morgan fingerprint density at radius 1 is 1.09 bits per heavy atom. The van der Waals surface area contributed by atoms with Gasteiger partial charge in [0, 0.05) is 43.7 Å². The number of thiazole rings is 1. The molecule has 33 heavy (non-hydrogen) atoms. The fourth-order valence-corrected chi connectivity index (χ4v) is 4.57. The van der Waals surface area contributed by atoms with Crippen molar-refractivity contribution >= 4 is 22.4 Å². The van der Waals surface area contributed by atoms with Crippen molar-refractivity contribution in [1.29, 1.82) is 0 Å². The molecule has 1 N–H and O–H groups in total. The Kier molecular flexibility index (Phi) is 8.10. The molecule has 0 saturated carbocycles. The van der Waals surface area contributed by atoms with Crippen LogP contribution in [0, 0.1) is 0 Å². The molecule has 1 aromatic heterocycles. The van der Waals surface area contributed by atoms with E-state index in [0.717, 1.165) is 61.7 Å². The number of piperazine rings is 1. The van der Waals surface area contributed by atoms with Gasteiger partial charge in [0.05, 0.1) is 12.1 Å². The Bertz CT molecular complexity index is 1040. The molecule has 2 heterocycles. The number of nitrogens with one attached hydrogen (secondary N) is 1. The van der Waals surface area contributed by atoms with Crippen LogP contribution in [0.1, 0.15) is 18.1 Å². The summed E-state index contributed by atoms with van der Waals surface area (Å²) in [6.07, 6.45) is 1.30. The highest BCUT2D eigenvalue weighted by Gasteiger charge is 2.13. The first kappa shape index (κ1) is 23.4. The molecule has 1 aliphatic rings. The zero-order valence-electron chi connectivity index (χ0n) is 19.4. The van der Waals surface area contributed by atoms with Crippen molar-refractivity contribution in [3.05, 3.63) is 65.0 Å². The molecule has 6 nitrogen and oxygen atoms in total. The van der Waals surface area contributed by atoms with Crippen LogP contribution in [0.3, 0.4) is 0 Å². The monoisotopic (exact) mass is 464 g/mol. The Morgan fingerprint density at radius 2 is 1.88 bits per heavy atom. The summed E-state index contributed by atoms with van der Waals surface area (Å²) >= 11 is 1.45. The summed E-state index contributed by atoms with van der Waals surface area (Å²) < 4.78 is 5.95. The zero-order chi connectivity index (χ0) is 23.0. The lowest BCUT2D eigenvalue weighted by atomic mass is 10.1. The summed E-state index contributed by atoms with van der Waals surface area (Å²) in [5.41, 5.74) is 4.17. The number of ether oxygens (including phenoxy) is 1. The molecule has 1 saturated heterocycles. The molecule has 2 aromatic carbocycles. The van der Waals surface area contributed by atoms with E-state index in [9.17, 15) is 4.79 Å². The van der Waals surface area contributed by atoms with Crippen molar-refractivity contribution in [2.75, 3.05) is 51.7 Å². The summed E-state index contributed by atoms with van der Waals surface area (Å²) in [5, 5.41) is 5.53. The number of carbonyl (C=O) groups is 1. The molecule has 0 bridgehead atoms. The van der Waals surface area contributed by atoms with E-state index in [-0.39, 0.29) is 12.3 Å². The van der Waals surface area contributed by atoms with Gasteiger partial charge in [0.1, 0.15) is 12.4 Å². The van der Waals surface area contributed by atoms with E-state index in [1.807, 2.05) is 29.6 Å². The molecular formula is C26H32N4O2S.